The number of hydrogen-bond donors (Lipinski definition) is 0. The first-order valence-electron chi connectivity index (χ1n) is 4.60. The van der Waals surface area contributed by atoms with Crippen molar-refractivity contribution in [3.63, 3.8) is 0 Å². The number of hydrogen-bond acceptors (Lipinski definition) is 2. The first-order chi connectivity index (χ1) is 7.79. The number of rotatable bonds is 0. The molecule has 6 heteroatoms. The van der Waals surface area contributed by atoms with Crippen molar-refractivity contribution in [3.8, 4) is 0 Å². The summed E-state index contributed by atoms with van der Waals surface area (Å²) >= 11 is 5.79. The summed E-state index contributed by atoms with van der Waals surface area (Å²) in [6.45, 7) is 1.61. The quantitative estimate of drug-likeness (QED) is 0.723. The van der Waals surface area contributed by atoms with E-state index >= 15 is 0 Å². The molecule has 0 aliphatic rings. The van der Waals surface area contributed by atoms with E-state index in [9.17, 15) is 18.0 Å². The van der Waals surface area contributed by atoms with Crippen LogP contribution in [0.5, 0.6) is 0 Å². The van der Waals surface area contributed by atoms with Gasteiger partial charge in [-0.3, -0.25) is 4.79 Å². The third-order valence-corrected chi connectivity index (χ3v) is 2.69. The zero-order chi connectivity index (χ0) is 12.8. The molecule has 1 aromatic carbocycles. The summed E-state index contributed by atoms with van der Waals surface area (Å²) in [5.74, 6) is -1.31. The first kappa shape index (κ1) is 12.0. The number of alkyl halides is 3. The second-order valence-corrected chi connectivity index (χ2v) is 3.98. The van der Waals surface area contributed by atoms with E-state index in [1.54, 1.807) is 6.92 Å². The molecule has 0 saturated carbocycles. The maximum Gasteiger partial charge on any atom is 0.449 e. The van der Waals surface area contributed by atoms with Crippen LogP contribution >= 0.6 is 11.6 Å². The van der Waals surface area contributed by atoms with Gasteiger partial charge in [-0.05, 0) is 24.6 Å². The molecule has 0 aliphatic carbocycles. The van der Waals surface area contributed by atoms with Gasteiger partial charge in [0.15, 0.2) is 5.43 Å². The Bertz CT molecular complexity index is 643. The van der Waals surface area contributed by atoms with Gasteiger partial charge in [0.25, 0.3) is 0 Å². The second kappa shape index (κ2) is 3.77. The van der Waals surface area contributed by atoms with Crippen LogP contribution in [0.3, 0.4) is 0 Å². The van der Waals surface area contributed by atoms with Crippen LogP contribution in [-0.2, 0) is 6.18 Å². The molecule has 0 N–H and O–H groups in total. The fourth-order valence-electron chi connectivity index (χ4n) is 1.42. The average molecular weight is 263 g/mol. The van der Waals surface area contributed by atoms with Crippen molar-refractivity contribution >= 4 is 22.6 Å². The molecule has 0 spiro atoms. The molecule has 0 aliphatic heterocycles. The number of fused-ring (bicyclic) bond motifs is 1. The molecule has 0 bridgehead atoms. The molecule has 0 atom stereocenters. The zero-order valence-corrected chi connectivity index (χ0v) is 9.32. The summed E-state index contributed by atoms with van der Waals surface area (Å²) in [5.41, 5.74) is -0.339. The van der Waals surface area contributed by atoms with Crippen LogP contribution < -0.4 is 5.43 Å². The summed E-state index contributed by atoms with van der Waals surface area (Å²) < 4.78 is 41.9. The molecule has 0 saturated heterocycles. The molecule has 0 unspecified atom stereocenters. The van der Waals surface area contributed by atoms with Gasteiger partial charge in [-0.2, -0.15) is 13.2 Å². The lowest BCUT2D eigenvalue weighted by molar-refractivity contribution is -0.152. The van der Waals surface area contributed by atoms with Crippen molar-refractivity contribution in [2.24, 2.45) is 0 Å². The second-order valence-electron chi connectivity index (χ2n) is 3.57. The van der Waals surface area contributed by atoms with Crippen molar-refractivity contribution in [1.82, 2.24) is 0 Å². The Morgan fingerprint density at radius 1 is 1.24 bits per heavy atom. The van der Waals surface area contributed by atoms with Gasteiger partial charge in [0.2, 0.25) is 5.76 Å². The van der Waals surface area contributed by atoms with E-state index in [0.717, 1.165) is 0 Å². The van der Waals surface area contributed by atoms with Gasteiger partial charge in [-0.15, -0.1) is 0 Å². The third kappa shape index (κ3) is 2.15. The minimum Gasteiger partial charge on any atom is -0.451 e. The largest absolute Gasteiger partial charge is 0.451 e. The molecule has 2 aromatic rings. The molecule has 0 amide bonds. The predicted octanol–water partition coefficient (Wildman–Crippen LogP) is 3.77. The highest BCUT2D eigenvalue weighted by Gasteiger charge is 2.34. The molecule has 0 fully saturated rings. The summed E-state index contributed by atoms with van der Waals surface area (Å²) in [5, 5.41) is 0.346. The number of halogens is 4. The van der Waals surface area contributed by atoms with E-state index in [2.05, 4.69) is 4.42 Å². The van der Waals surface area contributed by atoms with Gasteiger partial charge in [-0.25, -0.2) is 0 Å². The van der Waals surface area contributed by atoms with Crippen molar-refractivity contribution in [3.05, 3.63) is 44.8 Å². The Balaban J connectivity index is 2.83. The van der Waals surface area contributed by atoms with E-state index in [0.29, 0.717) is 16.7 Å². The molecule has 2 rings (SSSR count). The first-order valence-corrected chi connectivity index (χ1v) is 4.98. The Hall–Kier alpha value is -1.49. The lowest BCUT2D eigenvalue weighted by atomic mass is 10.1. The SMILES string of the molecule is Cc1cc2oc(C(F)(F)F)cc(=O)c2cc1Cl. The summed E-state index contributed by atoms with van der Waals surface area (Å²) in [4.78, 5) is 11.5. The van der Waals surface area contributed by atoms with E-state index in [1.807, 2.05) is 0 Å². The van der Waals surface area contributed by atoms with Crippen LogP contribution in [0.2, 0.25) is 5.02 Å². The zero-order valence-electron chi connectivity index (χ0n) is 8.56. The molecule has 17 heavy (non-hydrogen) atoms. The summed E-state index contributed by atoms with van der Waals surface area (Å²) in [6.07, 6.45) is -4.68. The summed E-state index contributed by atoms with van der Waals surface area (Å²) in [6, 6.07) is 3.04. The Morgan fingerprint density at radius 2 is 1.88 bits per heavy atom. The smallest absolute Gasteiger partial charge is 0.449 e. The molecular weight excluding hydrogens is 257 g/mol. The fraction of sp³-hybridized carbons (Fsp3) is 0.182. The molecule has 1 heterocycles. The lowest BCUT2D eigenvalue weighted by Crippen LogP contribution is -2.10. The molecule has 1 aromatic heterocycles. The fourth-order valence-corrected chi connectivity index (χ4v) is 1.58. The van der Waals surface area contributed by atoms with Gasteiger partial charge in [0.05, 0.1) is 5.39 Å². The lowest BCUT2D eigenvalue weighted by Gasteiger charge is -2.07. The van der Waals surface area contributed by atoms with Crippen molar-refractivity contribution in [2.45, 2.75) is 13.1 Å². The molecule has 0 radical (unpaired) electrons. The maximum absolute atomic E-state index is 12.4. The third-order valence-electron chi connectivity index (χ3n) is 2.29. The van der Waals surface area contributed by atoms with E-state index in [4.69, 9.17) is 11.6 Å². The van der Waals surface area contributed by atoms with E-state index in [1.165, 1.54) is 12.1 Å². The monoisotopic (exact) mass is 262 g/mol. The van der Waals surface area contributed by atoms with E-state index < -0.39 is 17.4 Å². The Morgan fingerprint density at radius 3 is 2.47 bits per heavy atom. The average Bonchev–Trinajstić information content (AvgIpc) is 2.19. The van der Waals surface area contributed by atoms with Crippen LogP contribution in [0.15, 0.2) is 27.4 Å². The number of aryl methyl sites for hydroxylation is 1. The highest BCUT2D eigenvalue weighted by Crippen LogP contribution is 2.31. The normalized spacial score (nSPS) is 12.1. The highest BCUT2D eigenvalue weighted by molar-refractivity contribution is 6.32. The van der Waals surface area contributed by atoms with Crippen LogP contribution in [-0.4, -0.2) is 0 Å². The van der Waals surface area contributed by atoms with Crippen LogP contribution in [0.1, 0.15) is 11.3 Å². The highest BCUT2D eigenvalue weighted by atomic mass is 35.5. The molecular formula is C11H6ClF3O2. The minimum absolute atomic E-state index is 0.0357. The summed E-state index contributed by atoms with van der Waals surface area (Å²) in [7, 11) is 0. The van der Waals surface area contributed by atoms with E-state index in [-0.39, 0.29) is 11.0 Å². The minimum atomic E-state index is -4.68. The molecule has 2 nitrogen and oxygen atoms in total. The topological polar surface area (TPSA) is 30.2 Å². The van der Waals surface area contributed by atoms with Gasteiger partial charge in [-0.1, -0.05) is 11.6 Å². The van der Waals surface area contributed by atoms with Crippen LogP contribution in [0.25, 0.3) is 11.0 Å². The van der Waals surface area contributed by atoms with Gasteiger partial charge >= 0.3 is 6.18 Å². The predicted molar refractivity (Wildman–Crippen MR) is 57.2 cm³/mol. The van der Waals surface area contributed by atoms with Gasteiger partial charge in [0.1, 0.15) is 5.58 Å². The van der Waals surface area contributed by atoms with Gasteiger partial charge < -0.3 is 4.42 Å². The van der Waals surface area contributed by atoms with Gasteiger partial charge in [0, 0.05) is 11.1 Å². The van der Waals surface area contributed by atoms with Crippen LogP contribution in [0.4, 0.5) is 13.2 Å². The van der Waals surface area contributed by atoms with Crippen molar-refractivity contribution < 1.29 is 17.6 Å². The Kier molecular flexibility index (Phi) is 2.66. The van der Waals surface area contributed by atoms with Crippen molar-refractivity contribution in [1.29, 1.82) is 0 Å². The standard InChI is InChI=1S/C11H6ClF3O2/c1-5-2-9-6(3-7(5)12)8(16)4-10(17-9)11(13,14)15/h2-4H,1H3. The molecule has 90 valence electrons. The number of benzene rings is 1. The maximum atomic E-state index is 12.4. The van der Waals surface area contributed by atoms with Crippen molar-refractivity contribution in [2.75, 3.05) is 0 Å². The van der Waals surface area contributed by atoms with Crippen LogP contribution in [0, 0.1) is 6.92 Å². The Labute approximate surface area is 98.6 Å².